The summed E-state index contributed by atoms with van der Waals surface area (Å²) in [6.07, 6.45) is 1.46. The lowest BCUT2D eigenvalue weighted by atomic mass is 10.1. The number of rotatable bonds is 3. The third-order valence-electron chi connectivity index (χ3n) is 4.01. The van der Waals surface area contributed by atoms with E-state index in [-0.39, 0.29) is 12.1 Å². The molecule has 0 aliphatic heterocycles. The summed E-state index contributed by atoms with van der Waals surface area (Å²) in [5.74, 6) is -0.439. The minimum absolute atomic E-state index is 0.279. The molecular weight excluding hydrogens is 322 g/mol. The standard InChI is InChI=1S/C17H19N5O3/c1-10-5-11(2)7-12(6-10)19-13(23)8-22-16(24)14-15(18-9-20(14)3)21(4)17(22)25/h5-7,9H,8H2,1-4H3,(H,19,23). The van der Waals surface area contributed by atoms with E-state index < -0.39 is 17.2 Å². The zero-order valence-corrected chi connectivity index (χ0v) is 14.5. The second kappa shape index (κ2) is 6.04. The molecule has 0 aliphatic rings. The number of nitrogens with zero attached hydrogens (tertiary/aromatic N) is 4. The van der Waals surface area contributed by atoms with E-state index in [1.807, 2.05) is 32.0 Å². The number of carbonyl (C=O) groups is 1. The maximum atomic E-state index is 12.6. The van der Waals surface area contributed by atoms with Gasteiger partial charge in [-0.1, -0.05) is 6.07 Å². The van der Waals surface area contributed by atoms with Gasteiger partial charge >= 0.3 is 5.69 Å². The summed E-state index contributed by atoms with van der Waals surface area (Å²) in [6.45, 7) is 3.50. The van der Waals surface area contributed by atoms with E-state index in [0.717, 1.165) is 15.7 Å². The van der Waals surface area contributed by atoms with Crippen molar-refractivity contribution in [2.75, 3.05) is 5.32 Å². The molecule has 0 spiro atoms. The Bertz CT molecular complexity index is 1080. The first-order valence-electron chi connectivity index (χ1n) is 7.77. The van der Waals surface area contributed by atoms with Crippen LogP contribution in [0.25, 0.3) is 11.2 Å². The Morgan fingerprint density at radius 3 is 2.40 bits per heavy atom. The van der Waals surface area contributed by atoms with Gasteiger partial charge in [-0.3, -0.25) is 14.2 Å². The number of hydrogen-bond acceptors (Lipinski definition) is 4. The molecule has 130 valence electrons. The van der Waals surface area contributed by atoms with Crippen LogP contribution in [-0.2, 0) is 25.4 Å². The van der Waals surface area contributed by atoms with Crippen LogP contribution in [0.5, 0.6) is 0 Å². The van der Waals surface area contributed by atoms with Crippen LogP contribution in [0, 0.1) is 13.8 Å². The van der Waals surface area contributed by atoms with E-state index in [1.54, 1.807) is 7.05 Å². The number of benzene rings is 1. The van der Waals surface area contributed by atoms with Crippen LogP contribution in [0.15, 0.2) is 34.1 Å². The predicted molar refractivity (Wildman–Crippen MR) is 94.8 cm³/mol. The van der Waals surface area contributed by atoms with Crippen molar-refractivity contribution in [3.63, 3.8) is 0 Å². The first-order chi connectivity index (χ1) is 11.8. The first-order valence-corrected chi connectivity index (χ1v) is 7.77. The maximum absolute atomic E-state index is 12.6. The molecule has 1 N–H and O–H groups in total. The third kappa shape index (κ3) is 2.98. The van der Waals surface area contributed by atoms with Gasteiger partial charge in [0.1, 0.15) is 6.54 Å². The summed E-state index contributed by atoms with van der Waals surface area (Å²) >= 11 is 0. The van der Waals surface area contributed by atoms with Crippen LogP contribution >= 0.6 is 0 Å². The Labute approximate surface area is 143 Å². The zero-order chi connectivity index (χ0) is 18.3. The molecule has 1 amide bonds. The van der Waals surface area contributed by atoms with Crippen LogP contribution < -0.4 is 16.6 Å². The normalized spacial score (nSPS) is 11.0. The molecular formula is C17H19N5O3. The van der Waals surface area contributed by atoms with Crippen molar-refractivity contribution >= 4 is 22.8 Å². The summed E-state index contributed by atoms with van der Waals surface area (Å²) in [6, 6.07) is 5.65. The number of anilines is 1. The Morgan fingerprint density at radius 1 is 1.12 bits per heavy atom. The summed E-state index contributed by atoms with van der Waals surface area (Å²) in [4.78, 5) is 41.4. The van der Waals surface area contributed by atoms with Gasteiger partial charge < -0.3 is 9.88 Å². The molecule has 8 heteroatoms. The van der Waals surface area contributed by atoms with Crippen molar-refractivity contribution in [3.05, 3.63) is 56.5 Å². The molecule has 0 unspecified atom stereocenters. The van der Waals surface area contributed by atoms with Gasteiger partial charge in [-0.05, 0) is 37.1 Å². The summed E-state index contributed by atoms with van der Waals surface area (Å²) in [5.41, 5.74) is 2.12. The van der Waals surface area contributed by atoms with E-state index in [9.17, 15) is 14.4 Å². The third-order valence-corrected chi connectivity index (χ3v) is 4.01. The highest BCUT2D eigenvalue weighted by Gasteiger charge is 2.17. The Hall–Kier alpha value is -3.16. The van der Waals surface area contributed by atoms with Crippen LogP contribution in [0.2, 0.25) is 0 Å². The monoisotopic (exact) mass is 341 g/mol. The van der Waals surface area contributed by atoms with Crippen LogP contribution in [-0.4, -0.2) is 24.6 Å². The van der Waals surface area contributed by atoms with Crippen molar-refractivity contribution in [2.45, 2.75) is 20.4 Å². The Morgan fingerprint density at radius 2 is 1.76 bits per heavy atom. The van der Waals surface area contributed by atoms with E-state index in [0.29, 0.717) is 11.3 Å². The number of amides is 1. The minimum atomic E-state index is -0.577. The van der Waals surface area contributed by atoms with Gasteiger partial charge in [0.15, 0.2) is 11.2 Å². The number of nitrogens with one attached hydrogen (secondary N) is 1. The van der Waals surface area contributed by atoms with E-state index in [2.05, 4.69) is 10.3 Å². The highest BCUT2D eigenvalue weighted by molar-refractivity contribution is 5.90. The number of aryl methyl sites for hydroxylation is 4. The molecule has 2 heterocycles. The molecule has 3 rings (SSSR count). The molecule has 0 aliphatic carbocycles. The average Bonchev–Trinajstić information content (AvgIpc) is 2.90. The largest absolute Gasteiger partial charge is 0.332 e. The zero-order valence-electron chi connectivity index (χ0n) is 14.5. The molecule has 1 aromatic carbocycles. The van der Waals surface area contributed by atoms with Crippen LogP contribution in [0.4, 0.5) is 5.69 Å². The Kier molecular flexibility index (Phi) is 4.03. The number of carbonyl (C=O) groups excluding carboxylic acids is 1. The van der Waals surface area contributed by atoms with Gasteiger partial charge in [-0.2, -0.15) is 0 Å². The van der Waals surface area contributed by atoms with Crippen molar-refractivity contribution in [2.24, 2.45) is 14.1 Å². The minimum Gasteiger partial charge on any atom is -0.328 e. The highest BCUT2D eigenvalue weighted by atomic mass is 16.2. The van der Waals surface area contributed by atoms with Gasteiger partial charge in [-0.25, -0.2) is 14.3 Å². The quantitative estimate of drug-likeness (QED) is 0.759. The molecule has 25 heavy (non-hydrogen) atoms. The SMILES string of the molecule is Cc1cc(C)cc(NC(=O)Cn2c(=O)c3c(ncn3C)n(C)c2=O)c1. The number of hydrogen-bond donors (Lipinski definition) is 1. The van der Waals surface area contributed by atoms with Gasteiger partial charge in [0.2, 0.25) is 5.91 Å². The number of imidazole rings is 1. The summed E-state index contributed by atoms with van der Waals surface area (Å²) < 4.78 is 3.72. The lowest BCUT2D eigenvalue weighted by Crippen LogP contribution is -2.42. The lowest BCUT2D eigenvalue weighted by molar-refractivity contribution is -0.116. The molecule has 0 saturated carbocycles. The molecule has 3 aromatic rings. The van der Waals surface area contributed by atoms with Crippen LogP contribution in [0.1, 0.15) is 11.1 Å². The fourth-order valence-corrected chi connectivity index (χ4v) is 2.93. The first kappa shape index (κ1) is 16.7. The molecule has 0 radical (unpaired) electrons. The van der Waals surface area contributed by atoms with E-state index in [4.69, 9.17) is 0 Å². The molecule has 0 bridgehead atoms. The fourth-order valence-electron chi connectivity index (χ4n) is 2.93. The highest BCUT2D eigenvalue weighted by Crippen LogP contribution is 2.13. The lowest BCUT2D eigenvalue weighted by Gasteiger charge is -2.10. The molecule has 8 nitrogen and oxygen atoms in total. The van der Waals surface area contributed by atoms with Gasteiger partial charge in [0.25, 0.3) is 5.56 Å². The smallest absolute Gasteiger partial charge is 0.328 e. The molecule has 0 fully saturated rings. The van der Waals surface area contributed by atoms with Gasteiger partial charge in [0.05, 0.1) is 6.33 Å². The van der Waals surface area contributed by atoms with E-state index in [1.165, 1.54) is 22.5 Å². The fraction of sp³-hybridized carbons (Fsp3) is 0.294. The molecule has 0 saturated heterocycles. The van der Waals surface area contributed by atoms with Crippen molar-refractivity contribution in [1.82, 2.24) is 18.7 Å². The van der Waals surface area contributed by atoms with Gasteiger partial charge in [-0.15, -0.1) is 0 Å². The second-order valence-electron chi connectivity index (χ2n) is 6.19. The molecule has 2 aromatic heterocycles. The van der Waals surface area contributed by atoms with Crippen molar-refractivity contribution in [3.8, 4) is 0 Å². The van der Waals surface area contributed by atoms with Crippen LogP contribution in [0.3, 0.4) is 0 Å². The van der Waals surface area contributed by atoms with E-state index >= 15 is 0 Å². The van der Waals surface area contributed by atoms with Crippen molar-refractivity contribution in [1.29, 1.82) is 0 Å². The second-order valence-corrected chi connectivity index (χ2v) is 6.19. The van der Waals surface area contributed by atoms with Gasteiger partial charge in [0, 0.05) is 19.8 Å². The summed E-state index contributed by atoms with van der Waals surface area (Å²) in [7, 11) is 3.19. The molecule has 0 atom stereocenters. The maximum Gasteiger partial charge on any atom is 0.332 e. The topological polar surface area (TPSA) is 90.9 Å². The number of fused-ring (bicyclic) bond motifs is 1. The average molecular weight is 341 g/mol. The predicted octanol–water partition coefficient (Wildman–Crippen LogP) is 0.689. The summed E-state index contributed by atoms with van der Waals surface area (Å²) in [5, 5.41) is 2.73. The Balaban J connectivity index is 1.97. The number of aromatic nitrogens is 4. The van der Waals surface area contributed by atoms with Crippen molar-refractivity contribution < 1.29 is 4.79 Å².